The number of quaternary nitrogens is 1. The second-order valence-corrected chi connectivity index (χ2v) is 10.4. The van der Waals surface area contributed by atoms with E-state index < -0.39 is 5.97 Å². The van der Waals surface area contributed by atoms with E-state index in [2.05, 4.69) is 16.3 Å². The quantitative estimate of drug-likeness (QED) is 0.393. The first kappa shape index (κ1) is 31.2. The van der Waals surface area contributed by atoms with Gasteiger partial charge in [-0.2, -0.15) is 0 Å². The fourth-order valence-corrected chi connectivity index (χ4v) is 5.15. The van der Waals surface area contributed by atoms with Gasteiger partial charge in [-0.25, -0.2) is 0 Å². The van der Waals surface area contributed by atoms with Crippen LogP contribution < -0.4 is 25.0 Å². The molecule has 2 aliphatic heterocycles. The van der Waals surface area contributed by atoms with E-state index in [-0.39, 0.29) is 16.9 Å². The highest BCUT2D eigenvalue weighted by Gasteiger charge is 2.22. The van der Waals surface area contributed by atoms with Crippen molar-refractivity contribution in [3.05, 3.63) is 87.9 Å². The lowest BCUT2D eigenvalue weighted by molar-refractivity contribution is -0.900. The van der Waals surface area contributed by atoms with Crippen LogP contribution in [0, 0.1) is 0 Å². The van der Waals surface area contributed by atoms with E-state index >= 15 is 0 Å². The minimum Gasteiger partial charge on any atom is -0.545 e. The summed E-state index contributed by atoms with van der Waals surface area (Å²) < 4.78 is 5.90. The Morgan fingerprint density at radius 2 is 1.73 bits per heavy atom. The number of carboxylic acid groups (broad SMARTS) is 1. The summed E-state index contributed by atoms with van der Waals surface area (Å²) in [6.07, 6.45) is 3.53. The number of benzene rings is 3. The summed E-state index contributed by atoms with van der Waals surface area (Å²) >= 11 is 12.5. The van der Waals surface area contributed by atoms with Gasteiger partial charge in [0, 0.05) is 18.2 Å². The minimum atomic E-state index is -1.13. The number of unbranched alkanes of at least 4 members (excludes halogenated alkanes) is 1. The topological polar surface area (TPSA) is 118 Å². The van der Waals surface area contributed by atoms with Crippen LogP contribution in [0.15, 0.2) is 66.7 Å². The maximum absolute atomic E-state index is 11.5. The number of rotatable bonds is 8. The number of ether oxygens (including phenoxy) is 1. The van der Waals surface area contributed by atoms with Gasteiger partial charge in [-0.1, -0.05) is 65.7 Å². The molecule has 5 rings (SSSR count). The van der Waals surface area contributed by atoms with E-state index in [1.165, 1.54) is 17.7 Å². The molecule has 0 bridgehead atoms. The average Bonchev–Trinajstić information content (AvgIpc) is 2.95. The molecular formula is C30H35Cl2N3O5. The molecule has 214 valence electrons. The van der Waals surface area contributed by atoms with Crippen LogP contribution in [0.4, 0.5) is 11.4 Å². The van der Waals surface area contributed by atoms with Crippen molar-refractivity contribution in [2.75, 3.05) is 49.5 Å². The van der Waals surface area contributed by atoms with Gasteiger partial charge >= 0.3 is 0 Å². The number of carboxylic acids is 1. The van der Waals surface area contributed by atoms with Crippen LogP contribution in [0.2, 0.25) is 10.0 Å². The van der Waals surface area contributed by atoms with E-state index in [1.807, 2.05) is 30.3 Å². The molecule has 0 spiro atoms. The maximum atomic E-state index is 11.5. The third-order valence-electron chi connectivity index (χ3n) is 6.92. The van der Waals surface area contributed by atoms with E-state index in [1.54, 1.807) is 23.1 Å². The smallest absolute Gasteiger partial charge is 0.224 e. The van der Waals surface area contributed by atoms with Crippen LogP contribution in [-0.4, -0.2) is 56.7 Å². The Balaban J connectivity index is 0.000000377. The number of amides is 1. The van der Waals surface area contributed by atoms with Gasteiger partial charge in [-0.3, -0.25) is 4.79 Å². The molecular weight excluding hydrogens is 553 g/mol. The summed E-state index contributed by atoms with van der Waals surface area (Å²) in [5.41, 5.74) is 3.34. The molecule has 0 aliphatic carbocycles. The predicted octanol–water partition coefficient (Wildman–Crippen LogP) is 2.67. The number of halogens is 2. The van der Waals surface area contributed by atoms with E-state index in [0.717, 1.165) is 69.1 Å². The molecule has 3 aromatic rings. The number of carbonyl (C=O) groups is 2. The Bertz CT molecular complexity index is 1270. The van der Waals surface area contributed by atoms with Gasteiger partial charge in [0.2, 0.25) is 5.91 Å². The number of aromatic carboxylic acids is 1. The normalized spacial score (nSPS) is 14.7. The standard InChI is InChI=1S/C23H27Cl2N3O2.C7H6O2.H2O/c24-19-4-3-5-21(23(19)25)28-13-11-27(12-14-28)10-1-2-15-30-18-8-6-17-7-9-22(29)26-20(17)16-18;8-7(9)6-4-2-1-3-5-6;/h3-6,8,16H,1-2,7,9-15H2,(H,26,29);1-5H,(H,8,9);1H2. The summed E-state index contributed by atoms with van der Waals surface area (Å²) in [4.78, 5) is 25.6. The molecule has 0 aromatic heterocycles. The number of nitrogens with zero attached hydrogens (tertiary/aromatic N) is 1. The number of piperazine rings is 1. The van der Waals surface area contributed by atoms with Crippen LogP contribution in [0.1, 0.15) is 35.2 Å². The largest absolute Gasteiger partial charge is 0.545 e. The zero-order valence-corrected chi connectivity index (χ0v) is 23.8. The fraction of sp³-hybridized carbons (Fsp3) is 0.333. The molecule has 2 heterocycles. The zero-order valence-electron chi connectivity index (χ0n) is 22.3. The van der Waals surface area contributed by atoms with Gasteiger partial charge in [0.1, 0.15) is 5.75 Å². The first-order chi connectivity index (χ1) is 18.9. The average molecular weight is 589 g/mol. The Labute approximate surface area is 244 Å². The van der Waals surface area contributed by atoms with Gasteiger partial charge in [0.15, 0.2) is 0 Å². The first-order valence-corrected chi connectivity index (χ1v) is 14.0. The van der Waals surface area contributed by atoms with Gasteiger partial charge in [-0.15, -0.1) is 0 Å². The van der Waals surface area contributed by atoms with Crippen molar-refractivity contribution in [2.45, 2.75) is 25.7 Å². The van der Waals surface area contributed by atoms with Gasteiger partial charge in [-0.05, 0) is 48.6 Å². The predicted molar refractivity (Wildman–Crippen MR) is 157 cm³/mol. The Morgan fingerprint density at radius 3 is 2.42 bits per heavy atom. The molecule has 0 saturated carbocycles. The van der Waals surface area contributed by atoms with E-state index in [9.17, 15) is 14.7 Å². The Hall–Kier alpha value is -3.30. The third-order valence-corrected chi connectivity index (χ3v) is 7.73. The molecule has 0 atom stereocenters. The molecule has 0 radical (unpaired) electrons. The summed E-state index contributed by atoms with van der Waals surface area (Å²) in [5, 5.41) is 14.3. The van der Waals surface area contributed by atoms with Crippen LogP contribution in [-0.2, 0) is 11.2 Å². The number of aryl methyl sites for hydroxylation is 1. The van der Waals surface area contributed by atoms with E-state index in [0.29, 0.717) is 23.1 Å². The second-order valence-electron chi connectivity index (χ2n) is 9.64. The highest BCUT2D eigenvalue weighted by atomic mass is 35.5. The zero-order chi connectivity index (χ0) is 27.6. The SMILES string of the molecule is O.O=C([O-])c1ccccc1.O=C1CCc2ccc(OCCCC[NH+]3CCN(c4cccc(Cl)c4Cl)CC3)cc2N1. The van der Waals surface area contributed by atoms with Crippen molar-refractivity contribution in [1.82, 2.24) is 0 Å². The molecule has 8 nitrogen and oxygen atoms in total. The monoisotopic (exact) mass is 587 g/mol. The summed E-state index contributed by atoms with van der Waals surface area (Å²) in [6, 6.07) is 19.9. The molecule has 10 heteroatoms. The van der Waals surface area contributed by atoms with Gasteiger partial charge in [0.25, 0.3) is 0 Å². The molecule has 1 amide bonds. The molecule has 2 aliphatic rings. The molecule has 1 fully saturated rings. The maximum Gasteiger partial charge on any atom is 0.224 e. The number of carbonyl (C=O) groups excluding carboxylic acids is 2. The van der Waals surface area contributed by atoms with Crippen LogP contribution in [0.3, 0.4) is 0 Å². The van der Waals surface area contributed by atoms with Crippen molar-refractivity contribution in [2.24, 2.45) is 0 Å². The Kier molecular flexibility index (Phi) is 12.1. The number of anilines is 2. The van der Waals surface area contributed by atoms with Crippen molar-refractivity contribution in [3.63, 3.8) is 0 Å². The summed E-state index contributed by atoms with van der Waals surface area (Å²) in [6.45, 7) is 6.05. The molecule has 4 N–H and O–H groups in total. The highest BCUT2D eigenvalue weighted by molar-refractivity contribution is 6.43. The van der Waals surface area contributed by atoms with Crippen LogP contribution >= 0.6 is 23.2 Å². The number of fused-ring (bicyclic) bond motifs is 1. The third kappa shape index (κ3) is 8.86. The van der Waals surface area contributed by atoms with Crippen molar-refractivity contribution < 1.29 is 29.8 Å². The summed E-state index contributed by atoms with van der Waals surface area (Å²) in [5.74, 6) is -0.216. The van der Waals surface area contributed by atoms with Crippen molar-refractivity contribution >= 4 is 46.5 Å². The number of hydrogen-bond acceptors (Lipinski definition) is 5. The molecule has 40 heavy (non-hydrogen) atoms. The summed E-state index contributed by atoms with van der Waals surface area (Å²) in [7, 11) is 0. The van der Waals surface area contributed by atoms with Crippen molar-refractivity contribution in [3.8, 4) is 5.75 Å². The van der Waals surface area contributed by atoms with Crippen LogP contribution in [0.5, 0.6) is 5.75 Å². The van der Waals surface area contributed by atoms with Crippen molar-refractivity contribution in [1.29, 1.82) is 0 Å². The lowest BCUT2D eigenvalue weighted by Gasteiger charge is -2.34. The van der Waals surface area contributed by atoms with E-state index in [4.69, 9.17) is 27.9 Å². The number of nitrogens with one attached hydrogen (secondary N) is 2. The second kappa shape index (κ2) is 15.5. The molecule has 1 saturated heterocycles. The molecule has 3 aromatic carbocycles. The highest BCUT2D eigenvalue weighted by Crippen LogP contribution is 2.32. The minimum absolute atomic E-state index is 0. The number of hydrogen-bond donors (Lipinski definition) is 2. The lowest BCUT2D eigenvalue weighted by Crippen LogP contribution is -3.14. The lowest BCUT2D eigenvalue weighted by atomic mass is 10.0. The first-order valence-electron chi connectivity index (χ1n) is 13.2. The molecule has 0 unspecified atom stereocenters. The van der Waals surface area contributed by atoms with Crippen LogP contribution in [0.25, 0.3) is 0 Å². The Morgan fingerprint density at radius 1 is 0.975 bits per heavy atom. The van der Waals surface area contributed by atoms with Gasteiger partial charge < -0.3 is 35.2 Å². The fourth-order valence-electron chi connectivity index (χ4n) is 4.73. The van der Waals surface area contributed by atoms with Gasteiger partial charge in [0.05, 0.1) is 61.0 Å².